The first kappa shape index (κ1) is 22.5. The minimum absolute atomic E-state index is 0.166. The molecular formula is C25H26N2O6. The van der Waals surface area contributed by atoms with Gasteiger partial charge in [0.1, 0.15) is 5.75 Å². The zero-order valence-electron chi connectivity index (χ0n) is 18.6. The maximum Gasteiger partial charge on any atom is 0.338 e. The van der Waals surface area contributed by atoms with Crippen LogP contribution < -0.4 is 15.0 Å². The fourth-order valence-electron chi connectivity index (χ4n) is 4.54. The summed E-state index contributed by atoms with van der Waals surface area (Å²) < 4.78 is 10.3. The maximum atomic E-state index is 12.8. The number of benzene rings is 2. The average molecular weight is 450 g/mol. The van der Waals surface area contributed by atoms with E-state index in [9.17, 15) is 19.2 Å². The van der Waals surface area contributed by atoms with Crippen molar-refractivity contribution in [2.24, 2.45) is 17.8 Å². The smallest absolute Gasteiger partial charge is 0.338 e. The van der Waals surface area contributed by atoms with Crippen LogP contribution in [0.2, 0.25) is 0 Å². The molecule has 0 unspecified atom stereocenters. The zero-order valence-corrected chi connectivity index (χ0v) is 18.6. The number of ether oxygens (including phenoxy) is 2. The van der Waals surface area contributed by atoms with Crippen LogP contribution in [0.25, 0.3) is 0 Å². The summed E-state index contributed by atoms with van der Waals surface area (Å²) in [5.41, 5.74) is 1.13. The van der Waals surface area contributed by atoms with E-state index >= 15 is 0 Å². The van der Waals surface area contributed by atoms with Gasteiger partial charge in [-0.05, 0) is 61.6 Å². The average Bonchev–Trinajstić information content (AvgIpc) is 3.07. The van der Waals surface area contributed by atoms with Crippen molar-refractivity contribution in [1.82, 2.24) is 0 Å². The summed E-state index contributed by atoms with van der Waals surface area (Å²) in [5.74, 6) is -1.10. The molecule has 172 valence electrons. The van der Waals surface area contributed by atoms with E-state index in [4.69, 9.17) is 9.47 Å². The number of nitrogens with zero attached hydrogens (tertiary/aromatic N) is 1. The van der Waals surface area contributed by atoms with Crippen LogP contribution in [0.5, 0.6) is 5.75 Å². The van der Waals surface area contributed by atoms with Gasteiger partial charge in [0.25, 0.3) is 5.91 Å². The molecule has 3 amide bonds. The van der Waals surface area contributed by atoms with Gasteiger partial charge in [-0.1, -0.05) is 19.1 Å². The summed E-state index contributed by atoms with van der Waals surface area (Å²) in [6.45, 7) is 1.64. The third kappa shape index (κ3) is 4.60. The fourth-order valence-corrected chi connectivity index (χ4v) is 4.54. The molecule has 2 aliphatic rings. The number of esters is 1. The summed E-state index contributed by atoms with van der Waals surface area (Å²) in [7, 11) is 1.49. The Kier molecular flexibility index (Phi) is 6.44. The number of nitrogens with one attached hydrogen (secondary N) is 1. The Morgan fingerprint density at radius 2 is 1.70 bits per heavy atom. The zero-order chi connectivity index (χ0) is 23.5. The molecule has 8 nitrogen and oxygen atoms in total. The lowest BCUT2D eigenvalue weighted by Gasteiger charge is -2.25. The van der Waals surface area contributed by atoms with Crippen molar-refractivity contribution in [1.29, 1.82) is 0 Å². The van der Waals surface area contributed by atoms with E-state index in [1.165, 1.54) is 24.1 Å². The normalized spacial score (nSPS) is 22.0. The highest BCUT2D eigenvalue weighted by atomic mass is 16.5. The molecule has 3 atom stereocenters. The number of amides is 3. The number of anilines is 2. The summed E-state index contributed by atoms with van der Waals surface area (Å²) in [6, 6.07) is 13.0. The number of para-hydroxylation sites is 2. The van der Waals surface area contributed by atoms with Crippen molar-refractivity contribution in [3.8, 4) is 5.75 Å². The van der Waals surface area contributed by atoms with Crippen molar-refractivity contribution in [2.45, 2.75) is 26.2 Å². The first-order chi connectivity index (χ1) is 15.9. The summed E-state index contributed by atoms with van der Waals surface area (Å²) in [4.78, 5) is 51.4. The molecule has 1 N–H and O–H groups in total. The number of imide groups is 1. The molecule has 2 fully saturated rings. The molecule has 1 aliphatic heterocycles. The first-order valence-electron chi connectivity index (χ1n) is 11.0. The molecule has 2 aromatic carbocycles. The van der Waals surface area contributed by atoms with E-state index in [-0.39, 0.29) is 29.2 Å². The molecule has 33 heavy (non-hydrogen) atoms. The van der Waals surface area contributed by atoms with Gasteiger partial charge in [-0.2, -0.15) is 0 Å². The van der Waals surface area contributed by atoms with Crippen molar-refractivity contribution in [2.75, 3.05) is 23.9 Å². The van der Waals surface area contributed by atoms with Gasteiger partial charge in [0, 0.05) is 0 Å². The van der Waals surface area contributed by atoms with Gasteiger partial charge in [-0.3, -0.25) is 19.3 Å². The third-order valence-corrected chi connectivity index (χ3v) is 6.26. The van der Waals surface area contributed by atoms with Gasteiger partial charge >= 0.3 is 5.97 Å². The number of hydrogen-bond donors (Lipinski definition) is 1. The molecule has 0 bridgehead atoms. The van der Waals surface area contributed by atoms with E-state index in [1.54, 1.807) is 36.4 Å². The highest BCUT2D eigenvalue weighted by molar-refractivity contribution is 6.22. The number of hydrogen-bond acceptors (Lipinski definition) is 6. The Balaban J connectivity index is 1.36. The van der Waals surface area contributed by atoms with Crippen molar-refractivity contribution < 1.29 is 28.7 Å². The number of carbonyl (C=O) groups excluding carboxylic acids is 4. The van der Waals surface area contributed by atoms with E-state index in [1.807, 2.05) is 0 Å². The Hall–Kier alpha value is -3.68. The molecule has 8 heteroatoms. The van der Waals surface area contributed by atoms with Crippen LogP contribution in [-0.4, -0.2) is 37.4 Å². The lowest BCUT2D eigenvalue weighted by molar-refractivity contribution is -0.122. The highest BCUT2D eigenvalue weighted by Gasteiger charge is 2.49. The van der Waals surface area contributed by atoms with Crippen LogP contribution in [0.3, 0.4) is 0 Å². The second-order valence-corrected chi connectivity index (χ2v) is 8.51. The molecule has 0 radical (unpaired) electrons. The number of fused-ring (bicyclic) bond motifs is 1. The Morgan fingerprint density at radius 1 is 1.00 bits per heavy atom. The number of rotatable bonds is 6. The van der Waals surface area contributed by atoms with Crippen molar-refractivity contribution in [3.63, 3.8) is 0 Å². The quantitative estimate of drug-likeness (QED) is 0.535. The predicted molar refractivity (Wildman–Crippen MR) is 121 cm³/mol. The number of carbonyl (C=O) groups is 4. The predicted octanol–water partition coefficient (Wildman–Crippen LogP) is 3.42. The van der Waals surface area contributed by atoms with Crippen molar-refractivity contribution >= 4 is 35.1 Å². The molecule has 0 aromatic heterocycles. The van der Waals surface area contributed by atoms with Crippen LogP contribution in [0.4, 0.5) is 11.4 Å². The largest absolute Gasteiger partial charge is 0.495 e. The minimum Gasteiger partial charge on any atom is -0.495 e. The monoisotopic (exact) mass is 450 g/mol. The topological polar surface area (TPSA) is 102 Å². The summed E-state index contributed by atoms with van der Waals surface area (Å²) >= 11 is 0. The van der Waals surface area contributed by atoms with Crippen LogP contribution in [0, 0.1) is 17.8 Å². The standard InChI is InChI=1S/C25H26N2O6/c1-15-7-12-18-19(13-15)24(30)27(23(18)29)17-10-8-16(9-11-17)25(31)33-14-22(28)26-20-5-3-4-6-21(20)32-2/h3-6,8-11,15,18-19H,7,12-14H2,1-2H3,(H,26,28)/t15-,18-,19+/m1/s1. The van der Waals surface area contributed by atoms with Gasteiger partial charge in [-0.15, -0.1) is 0 Å². The van der Waals surface area contributed by atoms with Gasteiger partial charge in [-0.25, -0.2) is 4.79 Å². The molecule has 1 heterocycles. The fraction of sp³-hybridized carbons (Fsp3) is 0.360. The third-order valence-electron chi connectivity index (χ3n) is 6.26. The van der Waals surface area contributed by atoms with Crippen LogP contribution >= 0.6 is 0 Å². The van der Waals surface area contributed by atoms with E-state index in [0.717, 1.165) is 19.3 Å². The van der Waals surface area contributed by atoms with E-state index < -0.39 is 18.5 Å². The van der Waals surface area contributed by atoms with Gasteiger partial charge in [0.2, 0.25) is 11.8 Å². The van der Waals surface area contributed by atoms with Crippen LogP contribution in [-0.2, 0) is 19.1 Å². The molecule has 1 saturated carbocycles. The SMILES string of the molecule is COc1ccccc1NC(=O)COC(=O)c1ccc(N2C(=O)[C@H]3C[C@H](C)CC[C@H]3C2=O)cc1. The van der Waals surface area contributed by atoms with E-state index in [2.05, 4.69) is 12.2 Å². The summed E-state index contributed by atoms with van der Waals surface area (Å²) in [6.07, 6.45) is 2.41. The molecular weight excluding hydrogens is 424 g/mol. The lowest BCUT2D eigenvalue weighted by Crippen LogP contribution is -2.30. The Morgan fingerprint density at radius 3 is 2.42 bits per heavy atom. The summed E-state index contributed by atoms with van der Waals surface area (Å²) in [5, 5.41) is 2.63. The Bertz CT molecular complexity index is 1080. The molecule has 1 saturated heterocycles. The second-order valence-electron chi connectivity index (χ2n) is 8.51. The van der Waals surface area contributed by atoms with Gasteiger partial charge < -0.3 is 14.8 Å². The maximum absolute atomic E-state index is 12.8. The molecule has 0 spiro atoms. The van der Waals surface area contributed by atoms with Gasteiger partial charge in [0.05, 0.1) is 35.9 Å². The van der Waals surface area contributed by atoms with E-state index in [0.29, 0.717) is 23.0 Å². The lowest BCUT2D eigenvalue weighted by atomic mass is 9.76. The first-order valence-corrected chi connectivity index (χ1v) is 11.0. The molecule has 2 aromatic rings. The highest BCUT2D eigenvalue weighted by Crippen LogP contribution is 2.42. The number of methoxy groups -OCH3 is 1. The van der Waals surface area contributed by atoms with Gasteiger partial charge in [0.15, 0.2) is 6.61 Å². The minimum atomic E-state index is -0.682. The Labute approximate surface area is 191 Å². The van der Waals surface area contributed by atoms with Crippen molar-refractivity contribution in [3.05, 3.63) is 54.1 Å². The molecule has 4 rings (SSSR count). The molecule has 1 aliphatic carbocycles. The van der Waals surface area contributed by atoms with Crippen LogP contribution in [0.1, 0.15) is 36.5 Å². The van der Waals surface area contributed by atoms with Crippen LogP contribution in [0.15, 0.2) is 48.5 Å². The second kappa shape index (κ2) is 9.44.